The zero-order chi connectivity index (χ0) is 26.3. The number of carbonyl (C=O) groups is 2. The highest BCUT2D eigenvalue weighted by molar-refractivity contribution is 6.31. The van der Waals surface area contributed by atoms with Gasteiger partial charge in [-0.25, -0.2) is 4.98 Å². The standard InChI is InChI=1S/C28H28ClN5O3/c1-16-10-17(2)28(36)34(27(16)35)14-19-12-30-13-23(29)22(19)15-37-25-7-5-6-20-21(11-18(3)32-26(20)25)24-8-9-31-33(24)4/h5-9,11-13,16-17H,10,14-15H2,1-4H3. The number of aromatic nitrogens is 4. The Morgan fingerprint density at radius 2 is 1.86 bits per heavy atom. The maximum absolute atomic E-state index is 12.8. The van der Waals surface area contributed by atoms with Crippen LogP contribution in [0.2, 0.25) is 5.02 Å². The number of likely N-dealkylation sites (tertiary alicyclic amines) is 1. The van der Waals surface area contributed by atoms with Crippen molar-refractivity contribution in [3.8, 4) is 17.0 Å². The molecule has 1 aromatic carbocycles. The van der Waals surface area contributed by atoms with Gasteiger partial charge in [-0.15, -0.1) is 0 Å². The van der Waals surface area contributed by atoms with Gasteiger partial charge in [-0.1, -0.05) is 37.6 Å². The lowest BCUT2D eigenvalue weighted by Gasteiger charge is -2.33. The van der Waals surface area contributed by atoms with Crippen LogP contribution >= 0.6 is 11.6 Å². The number of para-hydroxylation sites is 1. The fourth-order valence-corrected chi connectivity index (χ4v) is 5.20. The third kappa shape index (κ3) is 4.69. The van der Waals surface area contributed by atoms with Gasteiger partial charge >= 0.3 is 0 Å². The van der Waals surface area contributed by atoms with Crippen molar-refractivity contribution in [1.82, 2.24) is 24.6 Å². The minimum Gasteiger partial charge on any atom is -0.487 e. The molecule has 9 heteroatoms. The summed E-state index contributed by atoms with van der Waals surface area (Å²) in [6.45, 7) is 5.90. The summed E-state index contributed by atoms with van der Waals surface area (Å²) in [4.78, 5) is 35.9. The molecule has 1 aliphatic heterocycles. The van der Waals surface area contributed by atoms with Crippen molar-refractivity contribution in [2.75, 3.05) is 0 Å². The number of rotatable bonds is 6. The molecule has 2 unspecified atom stereocenters. The summed E-state index contributed by atoms with van der Waals surface area (Å²) in [6, 6.07) is 9.82. The number of hydrogen-bond acceptors (Lipinski definition) is 6. The first-order valence-electron chi connectivity index (χ1n) is 12.2. The van der Waals surface area contributed by atoms with E-state index < -0.39 is 0 Å². The van der Waals surface area contributed by atoms with Crippen LogP contribution in [0.4, 0.5) is 0 Å². The van der Waals surface area contributed by atoms with Crippen LogP contribution in [0.15, 0.2) is 48.9 Å². The van der Waals surface area contributed by atoms with Gasteiger partial charge in [0.25, 0.3) is 0 Å². The van der Waals surface area contributed by atoms with Crippen molar-refractivity contribution < 1.29 is 14.3 Å². The van der Waals surface area contributed by atoms with Crippen LogP contribution in [-0.4, -0.2) is 36.5 Å². The zero-order valence-electron chi connectivity index (χ0n) is 21.2. The lowest BCUT2D eigenvalue weighted by Crippen LogP contribution is -2.47. The second-order valence-corrected chi connectivity index (χ2v) is 10.1. The maximum atomic E-state index is 12.8. The van der Waals surface area contributed by atoms with Crippen LogP contribution in [0.1, 0.15) is 37.1 Å². The van der Waals surface area contributed by atoms with Crippen LogP contribution in [0.3, 0.4) is 0 Å². The monoisotopic (exact) mass is 517 g/mol. The highest BCUT2D eigenvalue weighted by Gasteiger charge is 2.36. The van der Waals surface area contributed by atoms with E-state index in [2.05, 4.69) is 10.1 Å². The molecular formula is C28H28ClN5O3. The summed E-state index contributed by atoms with van der Waals surface area (Å²) in [5.74, 6) is -0.162. The van der Waals surface area contributed by atoms with Crippen LogP contribution in [0.25, 0.3) is 22.2 Å². The fourth-order valence-electron chi connectivity index (χ4n) is 4.97. The van der Waals surface area contributed by atoms with Crippen molar-refractivity contribution in [1.29, 1.82) is 0 Å². The Balaban J connectivity index is 1.47. The first-order chi connectivity index (χ1) is 17.7. The SMILES string of the molecule is Cc1cc(-c2ccnn2C)c2cccc(OCc3c(Cl)cncc3CN3C(=O)C(C)CC(C)C3=O)c2n1. The number of nitrogens with zero attached hydrogens (tertiary/aromatic N) is 5. The van der Waals surface area contributed by atoms with Crippen molar-refractivity contribution in [3.05, 3.63) is 70.8 Å². The Hall–Kier alpha value is -3.78. The molecular weight excluding hydrogens is 490 g/mol. The topological polar surface area (TPSA) is 90.2 Å². The van der Waals surface area contributed by atoms with Crippen LogP contribution in [0, 0.1) is 18.8 Å². The Kier molecular flexibility index (Phi) is 6.69. The van der Waals surface area contributed by atoms with E-state index in [0.29, 0.717) is 28.3 Å². The average molecular weight is 518 g/mol. The molecule has 8 nitrogen and oxygen atoms in total. The second kappa shape index (κ2) is 9.94. The quantitative estimate of drug-likeness (QED) is 0.330. The Labute approximate surface area is 220 Å². The van der Waals surface area contributed by atoms with E-state index in [1.807, 2.05) is 62.8 Å². The van der Waals surface area contributed by atoms with E-state index in [1.165, 1.54) is 4.90 Å². The van der Waals surface area contributed by atoms with Gasteiger partial charge in [0.2, 0.25) is 11.8 Å². The first kappa shape index (κ1) is 24.9. The van der Waals surface area contributed by atoms with Crippen molar-refractivity contribution in [2.45, 2.75) is 40.3 Å². The number of piperidine rings is 1. The lowest BCUT2D eigenvalue weighted by molar-refractivity contribution is -0.155. The molecule has 2 amide bonds. The van der Waals surface area contributed by atoms with E-state index in [0.717, 1.165) is 27.9 Å². The molecule has 0 N–H and O–H groups in total. The van der Waals surface area contributed by atoms with Crippen LogP contribution in [-0.2, 0) is 29.8 Å². The zero-order valence-corrected chi connectivity index (χ0v) is 22.0. The lowest BCUT2D eigenvalue weighted by atomic mass is 9.90. The number of hydrogen-bond donors (Lipinski definition) is 0. The molecule has 0 bridgehead atoms. The number of halogens is 1. The van der Waals surface area contributed by atoms with E-state index in [9.17, 15) is 9.59 Å². The molecule has 5 rings (SSSR count). The summed E-state index contributed by atoms with van der Waals surface area (Å²) >= 11 is 6.54. The molecule has 4 aromatic rings. The van der Waals surface area contributed by atoms with Gasteiger partial charge in [0, 0.05) is 59.7 Å². The molecule has 4 heterocycles. The number of pyridine rings is 2. The van der Waals surface area contributed by atoms with E-state index in [4.69, 9.17) is 21.3 Å². The largest absolute Gasteiger partial charge is 0.487 e. The van der Waals surface area contributed by atoms with Crippen molar-refractivity contribution in [3.63, 3.8) is 0 Å². The van der Waals surface area contributed by atoms with E-state index in [1.54, 1.807) is 18.6 Å². The number of fused-ring (bicyclic) bond motifs is 1. The molecule has 0 saturated carbocycles. The van der Waals surface area contributed by atoms with Gasteiger partial charge in [-0.2, -0.15) is 5.10 Å². The van der Waals surface area contributed by atoms with Gasteiger partial charge in [-0.3, -0.25) is 24.2 Å². The third-order valence-corrected chi connectivity index (χ3v) is 7.23. The molecule has 37 heavy (non-hydrogen) atoms. The van der Waals surface area contributed by atoms with Crippen LogP contribution in [0.5, 0.6) is 5.75 Å². The fraction of sp³-hybridized carbons (Fsp3) is 0.321. The van der Waals surface area contributed by atoms with Crippen LogP contribution < -0.4 is 4.74 Å². The second-order valence-electron chi connectivity index (χ2n) is 9.65. The van der Waals surface area contributed by atoms with E-state index >= 15 is 0 Å². The summed E-state index contributed by atoms with van der Waals surface area (Å²) in [5.41, 5.74) is 4.93. The smallest absolute Gasteiger partial charge is 0.232 e. The maximum Gasteiger partial charge on any atom is 0.232 e. The van der Waals surface area contributed by atoms with Gasteiger partial charge in [0.05, 0.1) is 17.3 Å². The molecule has 1 aliphatic rings. The third-order valence-electron chi connectivity index (χ3n) is 6.90. The van der Waals surface area contributed by atoms with E-state index in [-0.39, 0.29) is 36.8 Å². The normalized spacial score (nSPS) is 18.0. The van der Waals surface area contributed by atoms with Crippen molar-refractivity contribution >= 4 is 34.3 Å². The van der Waals surface area contributed by atoms with Gasteiger partial charge in [-0.05, 0) is 37.1 Å². The van der Waals surface area contributed by atoms with Crippen molar-refractivity contribution in [2.24, 2.45) is 18.9 Å². The number of imide groups is 1. The molecule has 2 atom stereocenters. The number of benzene rings is 1. The predicted octanol–water partition coefficient (Wildman–Crippen LogP) is 5.10. The Morgan fingerprint density at radius 1 is 1.11 bits per heavy atom. The summed E-state index contributed by atoms with van der Waals surface area (Å²) in [6.07, 6.45) is 5.51. The summed E-state index contributed by atoms with van der Waals surface area (Å²) < 4.78 is 8.11. The highest BCUT2D eigenvalue weighted by Crippen LogP contribution is 2.34. The van der Waals surface area contributed by atoms with Gasteiger partial charge < -0.3 is 4.74 Å². The number of aryl methyl sites for hydroxylation is 2. The number of amides is 2. The molecule has 3 aromatic heterocycles. The highest BCUT2D eigenvalue weighted by atomic mass is 35.5. The minimum absolute atomic E-state index is 0.107. The number of ether oxygens (including phenoxy) is 1. The summed E-state index contributed by atoms with van der Waals surface area (Å²) in [5, 5.41) is 5.66. The predicted molar refractivity (Wildman–Crippen MR) is 141 cm³/mol. The summed E-state index contributed by atoms with van der Waals surface area (Å²) in [7, 11) is 1.91. The minimum atomic E-state index is -0.210. The molecule has 0 radical (unpaired) electrons. The molecule has 0 spiro atoms. The Morgan fingerprint density at radius 3 is 2.57 bits per heavy atom. The number of carbonyl (C=O) groups excluding carboxylic acids is 2. The average Bonchev–Trinajstić information content (AvgIpc) is 3.30. The van der Waals surface area contributed by atoms with Gasteiger partial charge in [0.15, 0.2) is 0 Å². The Bertz CT molecular complexity index is 1500. The molecule has 1 fully saturated rings. The molecule has 190 valence electrons. The van der Waals surface area contributed by atoms with Gasteiger partial charge in [0.1, 0.15) is 17.9 Å². The first-order valence-corrected chi connectivity index (χ1v) is 12.6. The molecule has 1 saturated heterocycles. The molecule has 0 aliphatic carbocycles.